The smallest absolute Gasteiger partial charge is 0.462 e. The first kappa shape index (κ1) is 55.9. The van der Waals surface area contributed by atoms with Crippen molar-refractivity contribution < 1.29 is 63.1 Å². The summed E-state index contributed by atoms with van der Waals surface area (Å²) in [4.78, 5) is 35.7. The molecule has 0 radical (unpaired) electrons. The van der Waals surface area contributed by atoms with Crippen LogP contribution in [0.15, 0.2) is 0 Å². The van der Waals surface area contributed by atoms with Crippen molar-refractivity contribution in [2.24, 2.45) is 0 Å². The average molecular weight is 867 g/mol. The number of aliphatic hydroxyl groups excluding tert-OH is 5. The predicted molar refractivity (Wildman–Crippen MR) is 231 cm³/mol. The van der Waals surface area contributed by atoms with Crippen LogP contribution in [-0.2, 0) is 32.7 Å². The van der Waals surface area contributed by atoms with Crippen LogP contribution in [0.5, 0.6) is 0 Å². The lowest BCUT2D eigenvalue weighted by atomic mass is 9.85. The van der Waals surface area contributed by atoms with Crippen LogP contribution >= 0.6 is 7.82 Å². The second-order valence-electron chi connectivity index (χ2n) is 17.0. The molecule has 0 saturated heterocycles. The first-order valence-electron chi connectivity index (χ1n) is 23.8. The van der Waals surface area contributed by atoms with Gasteiger partial charge in [0.05, 0.1) is 6.61 Å². The molecule has 0 spiro atoms. The van der Waals surface area contributed by atoms with Gasteiger partial charge >= 0.3 is 19.8 Å². The van der Waals surface area contributed by atoms with Gasteiger partial charge in [0.15, 0.2) is 6.10 Å². The lowest BCUT2D eigenvalue weighted by Crippen LogP contribution is -2.64. The maximum absolute atomic E-state index is 12.8. The molecule has 59 heavy (non-hydrogen) atoms. The highest BCUT2D eigenvalue weighted by molar-refractivity contribution is 7.47. The number of aliphatic hydroxyl groups is 5. The molecule has 0 heterocycles. The molecule has 0 aromatic carbocycles. The van der Waals surface area contributed by atoms with E-state index in [2.05, 4.69) is 13.8 Å². The van der Waals surface area contributed by atoms with Crippen LogP contribution in [0.2, 0.25) is 0 Å². The Bertz CT molecular complexity index is 1050. The number of hydrogen-bond acceptors (Lipinski definition) is 12. The van der Waals surface area contributed by atoms with Gasteiger partial charge in [-0.25, -0.2) is 4.57 Å². The van der Waals surface area contributed by atoms with Crippen LogP contribution in [0.1, 0.15) is 219 Å². The minimum absolute atomic E-state index is 0.105. The second-order valence-corrected chi connectivity index (χ2v) is 18.4. The minimum atomic E-state index is -5.11. The summed E-state index contributed by atoms with van der Waals surface area (Å²) >= 11 is 0. The number of unbranched alkanes of at least 4 members (excludes halogenated alkanes) is 28. The average Bonchev–Trinajstić information content (AvgIpc) is 3.21. The van der Waals surface area contributed by atoms with E-state index in [4.69, 9.17) is 18.5 Å². The molecule has 0 aromatic rings. The summed E-state index contributed by atoms with van der Waals surface area (Å²) in [6.45, 7) is 3.33. The van der Waals surface area contributed by atoms with E-state index in [1.807, 2.05) is 0 Å². The standard InChI is InChI=1S/C45H87O13P/c1-3-5-7-9-11-13-15-17-19-20-22-24-26-28-30-32-34-39(47)57-37(36-56-59(53,54)58-45-43(51)41(49)40(48)42(50)44(45)52)35-55-38(46)33-31-29-27-25-23-21-18-16-14-12-10-8-6-4-2/h37,40-45,48-52H,3-36H2,1-2H3,(H,53,54). The van der Waals surface area contributed by atoms with Crippen molar-refractivity contribution in [1.29, 1.82) is 0 Å². The zero-order valence-electron chi connectivity index (χ0n) is 37.1. The lowest BCUT2D eigenvalue weighted by Gasteiger charge is -2.41. The van der Waals surface area contributed by atoms with Crippen LogP contribution in [0, 0.1) is 0 Å². The summed E-state index contributed by atoms with van der Waals surface area (Å²) in [6.07, 6.45) is 23.0. The molecule has 1 fully saturated rings. The second kappa shape index (κ2) is 36.3. The number of carbonyl (C=O) groups excluding carboxylic acids is 2. The number of hydrogen-bond donors (Lipinski definition) is 6. The van der Waals surface area contributed by atoms with Crippen molar-refractivity contribution in [2.45, 2.75) is 262 Å². The molecule has 0 aromatic heterocycles. The van der Waals surface area contributed by atoms with Crippen molar-refractivity contribution >= 4 is 19.8 Å². The Hall–Kier alpha value is -1.15. The number of phosphoric acid groups is 1. The number of esters is 2. The molecular formula is C45H87O13P. The summed E-state index contributed by atoms with van der Waals surface area (Å²) in [5.41, 5.74) is 0. The van der Waals surface area contributed by atoms with Gasteiger partial charge in [-0.3, -0.25) is 18.6 Å². The van der Waals surface area contributed by atoms with Crippen molar-refractivity contribution in [3.05, 3.63) is 0 Å². The molecule has 1 aliphatic rings. The Balaban J connectivity index is 2.43. The molecule has 0 aliphatic heterocycles. The lowest BCUT2D eigenvalue weighted by molar-refractivity contribution is -0.220. The first-order valence-corrected chi connectivity index (χ1v) is 25.3. The van der Waals surface area contributed by atoms with E-state index in [1.54, 1.807) is 0 Å². The molecule has 350 valence electrons. The van der Waals surface area contributed by atoms with Crippen LogP contribution in [0.25, 0.3) is 0 Å². The summed E-state index contributed by atoms with van der Waals surface area (Å²) in [6, 6.07) is 0. The Morgan fingerprint density at radius 3 is 1.12 bits per heavy atom. The van der Waals surface area contributed by atoms with Crippen molar-refractivity contribution in [1.82, 2.24) is 0 Å². The molecule has 14 heteroatoms. The third-order valence-electron chi connectivity index (χ3n) is 11.4. The molecule has 6 atom stereocenters. The molecule has 1 saturated carbocycles. The molecule has 6 N–H and O–H groups in total. The molecule has 6 unspecified atom stereocenters. The Morgan fingerprint density at radius 2 is 0.763 bits per heavy atom. The predicted octanol–water partition coefficient (Wildman–Crippen LogP) is 9.28. The minimum Gasteiger partial charge on any atom is -0.462 e. The number of rotatable bonds is 40. The maximum Gasteiger partial charge on any atom is 0.472 e. The fourth-order valence-corrected chi connectivity index (χ4v) is 8.56. The highest BCUT2D eigenvalue weighted by Crippen LogP contribution is 2.47. The van der Waals surface area contributed by atoms with E-state index in [0.717, 1.165) is 38.5 Å². The zero-order chi connectivity index (χ0) is 43.6. The van der Waals surface area contributed by atoms with Gasteiger partial charge in [-0.05, 0) is 12.8 Å². The van der Waals surface area contributed by atoms with E-state index >= 15 is 0 Å². The fraction of sp³-hybridized carbons (Fsp3) is 0.956. The fourth-order valence-electron chi connectivity index (χ4n) is 7.58. The third-order valence-corrected chi connectivity index (χ3v) is 12.4. The largest absolute Gasteiger partial charge is 0.472 e. The van der Waals surface area contributed by atoms with Crippen LogP contribution in [0.3, 0.4) is 0 Å². The van der Waals surface area contributed by atoms with Gasteiger partial charge in [-0.2, -0.15) is 0 Å². The zero-order valence-corrected chi connectivity index (χ0v) is 38.0. The summed E-state index contributed by atoms with van der Waals surface area (Å²) in [5, 5.41) is 50.1. The van der Waals surface area contributed by atoms with Crippen LogP contribution in [-0.4, -0.2) is 98.3 Å². The van der Waals surface area contributed by atoms with Gasteiger partial charge in [0.25, 0.3) is 0 Å². The van der Waals surface area contributed by atoms with Gasteiger partial charge in [0.1, 0.15) is 43.2 Å². The number of ether oxygens (including phenoxy) is 2. The monoisotopic (exact) mass is 867 g/mol. The summed E-state index contributed by atoms with van der Waals surface area (Å²) < 4.78 is 33.6. The topological polar surface area (TPSA) is 210 Å². The Morgan fingerprint density at radius 1 is 0.458 bits per heavy atom. The Kier molecular flexibility index (Phi) is 34.4. The van der Waals surface area contributed by atoms with Crippen LogP contribution in [0.4, 0.5) is 0 Å². The van der Waals surface area contributed by atoms with E-state index in [9.17, 15) is 44.6 Å². The van der Waals surface area contributed by atoms with E-state index in [1.165, 1.54) is 141 Å². The quantitative estimate of drug-likeness (QED) is 0.0193. The first-order chi connectivity index (χ1) is 28.4. The molecule has 1 aliphatic carbocycles. The SMILES string of the molecule is CCCCCCCCCCCCCCCCCCC(=O)OC(COC(=O)CCCCCCCCCCCCCCCC)COP(=O)(O)OC1C(O)C(O)C(O)C(O)C1O. The normalized spacial score (nSPS) is 22.2. The number of carbonyl (C=O) groups is 2. The van der Waals surface area contributed by atoms with Gasteiger partial charge in [-0.1, -0.05) is 194 Å². The molecule has 13 nitrogen and oxygen atoms in total. The molecule has 0 amide bonds. The van der Waals surface area contributed by atoms with Crippen LogP contribution < -0.4 is 0 Å². The Labute approximate surface area is 357 Å². The van der Waals surface area contributed by atoms with E-state index in [-0.39, 0.29) is 12.8 Å². The van der Waals surface area contributed by atoms with Crippen molar-refractivity contribution in [3.8, 4) is 0 Å². The molecule has 1 rings (SSSR count). The summed E-state index contributed by atoms with van der Waals surface area (Å²) in [5.74, 6) is -1.08. The van der Waals surface area contributed by atoms with Gasteiger partial charge in [-0.15, -0.1) is 0 Å². The highest BCUT2D eigenvalue weighted by Gasteiger charge is 2.51. The third kappa shape index (κ3) is 29.0. The maximum atomic E-state index is 12.8. The van der Waals surface area contributed by atoms with E-state index in [0.29, 0.717) is 12.8 Å². The summed E-state index contributed by atoms with van der Waals surface area (Å²) in [7, 11) is -5.11. The highest BCUT2D eigenvalue weighted by atomic mass is 31.2. The van der Waals surface area contributed by atoms with Crippen molar-refractivity contribution in [2.75, 3.05) is 13.2 Å². The molecular weight excluding hydrogens is 779 g/mol. The van der Waals surface area contributed by atoms with E-state index < -0.39 is 75.7 Å². The van der Waals surface area contributed by atoms with Crippen molar-refractivity contribution in [3.63, 3.8) is 0 Å². The van der Waals surface area contributed by atoms with Gasteiger partial charge in [0, 0.05) is 12.8 Å². The van der Waals surface area contributed by atoms with Gasteiger partial charge < -0.3 is 39.9 Å². The van der Waals surface area contributed by atoms with Gasteiger partial charge in [0.2, 0.25) is 0 Å². The number of phosphoric ester groups is 1. The molecule has 0 bridgehead atoms.